The minimum atomic E-state index is 0.473. The summed E-state index contributed by atoms with van der Waals surface area (Å²) in [4.78, 5) is 0. The molecule has 0 amide bonds. The Morgan fingerprint density at radius 1 is 0.900 bits per heavy atom. The normalized spacial score (nSPS) is 10.4. The van der Waals surface area contributed by atoms with Gasteiger partial charge in [0.25, 0.3) is 0 Å². The van der Waals surface area contributed by atoms with Gasteiger partial charge in [0.05, 0.1) is 17.2 Å². The van der Waals surface area contributed by atoms with Gasteiger partial charge in [-0.2, -0.15) is 0 Å². The van der Waals surface area contributed by atoms with Crippen LogP contribution in [0, 0.1) is 0 Å². The predicted octanol–water partition coefficient (Wildman–Crippen LogP) is 5.92. The first-order chi connectivity index (χ1) is 9.49. The molecule has 0 heterocycles. The molecule has 0 saturated heterocycles. The van der Waals surface area contributed by atoms with E-state index in [4.69, 9.17) is 51.1 Å². The molecule has 106 valence electrons. The van der Waals surface area contributed by atoms with Crippen molar-refractivity contribution in [3.63, 3.8) is 0 Å². The van der Waals surface area contributed by atoms with Crippen LogP contribution in [0.15, 0.2) is 30.3 Å². The molecule has 0 aliphatic heterocycles. The van der Waals surface area contributed by atoms with Crippen molar-refractivity contribution in [3.8, 4) is 5.75 Å². The van der Waals surface area contributed by atoms with Crippen LogP contribution >= 0.6 is 46.4 Å². The van der Waals surface area contributed by atoms with E-state index < -0.39 is 0 Å². The summed E-state index contributed by atoms with van der Waals surface area (Å²) in [5, 5.41) is 5.30. The van der Waals surface area contributed by atoms with E-state index in [0.717, 1.165) is 11.3 Å². The Morgan fingerprint density at radius 3 is 1.95 bits per heavy atom. The van der Waals surface area contributed by atoms with Crippen molar-refractivity contribution in [3.05, 3.63) is 56.0 Å². The van der Waals surface area contributed by atoms with Crippen LogP contribution in [0.5, 0.6) is 5.75 Å². The molecule has 0 unspecified atom stereocenters. The summed E-state index contributed by atoms with van der Waals surface area (Å²) in [6.07, 6.45) is 0. The fraction of sp³-hybridized carbons (Fsp3) is 0.143. The highest BCUT2D eigenvalue weighted by Crippen LogP contribution is 2.34. The van der Waals surface area contributed by atoms with E-state index in [1.807, 2.05) is 0 Å². The third-order valence-electron chi connectivity index (χ3n) is 2.62. The fourth-order valence-electron chi connectivity index (χ4n) is 1.77. The monoisotopic (exact) mass is 349 g/mol. The van der Waals surface area contributed by atoms with Gasteiger partial charge in [0, 0.05) is 22.3 Å². The Morgan fingerprint density at radius 2 is 1.45 bits per heavy atom. The Hall–Kier alpha value is -0.800. The van der Waals surface area contributed by atoms with Crippen molar-refractivity contribution in [2.45, 2.75) is 6.54 Å². The van der Waals surface area contributed by atoms with Crippen LogP contribution in [-0.2, 0) is 6.54 Å². The SMILES string of the molecule is COc1c(Cl)cc(CNc2cc(Cl)cc(Cl)c2)cc1Cl. The molecule has 0 atom stereocenters. The van der Waals surface area contributed by atoms with E-state index in [2.05, 4.69) is 5.32 Å². The molecule has 0 aromatic heterocycles. The van der Waals surface area contributed by atoms with Crippen molar-refractivity contribution in [2.24, 2.45) is 0 Å². The average Bonchev–Trinajstić information content (AvgIpc) is 2.35. The lowest BCUT2D eigenvalue weighted by Gasteiger charge is -2.11. The highest BCUT2D eigenvalue weighted by molar-refractivity contribution is 6.37. The smallest absolute Gasteiger partial charge is 0.156 e. The summed E-state index contributed by atoms with van der Waals surface area (Å²) in [5.74, 6) is 0.475. The summed E-state index contributed by atoms with van der Waals surface area (Å²) >= 11 is 24.1. The van der Waals surface area contributed by atoms with E-state index in [9.17, 15) is 0 Å². The summed E-state index contributed by atoms with van der Waals surface area (Å²) in [7, 11) is 1.53. The topological polar surface area (TPSA) is 21.3 Å². The molecule has 20 heavy (non-hydrogen) atoms. The zero-order chi connectivity index (χ0) is 14.7. The van der Waals surface area contributed by atoms with E-state index in [-0.39, 0.29) is 0 Å². The zero-order valence-corrected chi connectivity index (χ0v) is 13.5. The summed E-state index contributed by atoms with van der Waals surface area (Å²) in [6.45, 7) is 0.542. The first-order valence-corrected chi connectivity index (χ1v) is 7.22. The molecule has 0 aliphatic rings. The quantitative estimate of drug-likeness (QED) is 0.738. The first kappa shape index (κ1) is 15.6. The Labute approximate surface area is 137 Å². The van der Waals surface area contributed by atoms with Gasteiger partial charge in [-0.05, 0) is 35.9 Å². The van der Waals surface area contributed by atoms with E-state index >= 15 is 0 Å². The third kappa shape index (κ3) is 3.86. The number of anilines is 1. The van der Waals surface area contributed by atoms with Crippen LogP contribution in [-0.4, -0.2) is 7.11 Å². The molecule has 2 nitrogen and oxygen atoms in total. The van der Waals surface area contributed by atoms with Gasteiger partial charge in [0.15, 0.2) is 5.75 Å². The number of benzene rings is 2. The van der Waals surface area contributed by atoms with Gasteiger partial charge in [0.2, 0.25) is 0 Å². The van der Waals surface area contributed by atoms with Crippen LogP contribution in [0.4, 0.5) is 5.69 Å². The zero-order valence-electron chi connectivity index (χ0n) is 10.5. The van der Waals surface area contributed by atoms with Gasteiger partial charge in [-0.15, -0.1) is 0 Å². The molecule has 6 heteroatoms. The molecule has 0 aliphatic carbocycles. The molecule has 0 fully saturated rings. The number of hydrogen-bond donors (Lipinski definition) is 1. The van der Waals surface area contributed by atoms with Crippen LogP contribution in [0.2, 0.25) is 20.1 Å². The lowest BCUT2D eigenvalue weighted by atomic mass is 10.2. The molecule has 0 saturated carbocycles. The molecule has 2 aromatic carbocycles. The van der Waals surface area contributed by atoms with Gasteiger partial charge in [-0.3, -0.25) is 0 Å². The molecule has 2 rings (SSSR count). The highest BCUT2D eigenvalue weighted by atomic mass is 35.5. The van der Waals surface area contributed by atoms with Gasteiger partial charge in [-0.1, -0.05) is 46.4 Å². The molecule has 0 spiro atoms. The fourth-order valence-corrected chi connectivity index (χ4v) is 2.98. The Kier molecular flexibility index (Phi) is 5.28. The summed E-state index contributed by atoms with van der Waals surface area (Å²) in [5.41, 5.74) is 1.75. The van der Waals surface area contributed by atoms with Crippen LogP contribution in [0.25, 0.3) is 0 Å². The molecular formula is C14H11Cl4NO. The minimum Gasteiger partial charge on any atom is -0.494 e. The second kappa shape index (κ2) is 6.77. The maximum atomic E-state index is 6.09. The second-order valence-corrected chi connectivity index (χ2v) is 5.79. The molecule has 0 radical (unpaired) electrons. The van der Waals surface area contributed by atoms with Crippen molar-refractivity contribution in [1.82, 2.24) is 0 Å². The third-order valence-corrected chi connectivity index (χ3v) is 3.62. The minimum absolute atomic E-state index is 0.473. The lowest BCUT2D eigenvalue weighted by Crippen LogP contribution is -2.00. The molecule has 0 bridgehead atoms. The number of methoxy groups -OCH3 is 1. The van der Waals surface area contributed by atoms with Gasteiger partial charge >= 0.3 is 0 Å². The number of nitrogens with one attached hydrogen (secondary N) is 1. The standard InChI is InChI=1S/C14H11Cl4NO/c1-20-14-12(17)2-8(3-13(14)18)7-19-11-5-9(15)4-10(16)6-11/h2-6,19H,7H2,1H3. The Bertz CT molecular complexity index is 587. The van der Waals surface area contributed by atoms with E-state index in [1.54, 1.807) is 30.3 Å². The molecule has 2 aromatic rings. The number of ether oxygens (including phenoxy) is 1. The van der Waals surface area contributed by atoms with E-state index in [0.29, 0.717) is 32.4 Å². The maximum Gasteiger partial charge on any atom is 0.156 e. The molecule has 1 N–H and O–H groups in total. The van der Waals surface area contributed by atoms with Crippen molar-refractivity contribution >= 4 is 52.1 Å². The lowest BCUT2D eigenvalue weighted by molar-refractivity contribution is 0.415. The van der Waals surface area contributed by atoms with Crippen LogP contribution < -0.4 is 10.1 Å². The van der Waals surface area contributed by atoms with Crippen LogP contribution in [0.1, 0.15) is 5.56 Å². The number of halogens is 4. The predicted molar refractivity (Wildman–Crippen MR) is 86.8 cm³/mol. The van der Waals surface area contributed by atoms with Crippen LogP contribution in [0.3, 0.4) is 0 Å². The largest absolute Gasteiger partial charge is 0.494 e. The van der Waals surface area contributed by atoms with Gasteiger partial charge in [0.1, 0.15) is 0 Å². The van der Waals surface area contributed by atoms with Crippen molar-refractivity contribution in [2.75, 3.05) is 12.4 Å². The number of hydrogen-bond acceptors (Lipinski definition) is 2. The summed E-state index contributed by atoms with van der Waals surface area (Å²) < 4.78 is 5.11. The second-order valence-electron chi connectivity index (χ2n) is 4.10. The van der Waals surface area contributed by atoms with Gasteiger partial charge < -0.3 is 10.1 Å². The molecular weight excluding hydrogens is 340 g/mol. The first-order valence-electron chi connectivity index (χ1n) is 5.71. The highest BCUT2D eigenvalue weighted by Gasteiger charge is 2.08. The Balaban J connectivity index is 2.15. The number of rotatable bonds is 4. The van der Waals surface area contributed by atoms with Crippen molar-refractivity contribution in [1.29, 1.82) is 0 Å². The van der Waals surface area contributed by atoms with Gasteiger partial charge in [-0.25, -0.2) is 0 Å². The van der Waals surface area contributed by atoms with E-state index in [1.165, 1.54) is 7.11 Å². The van der Waals surface area contributed by atoms with Crippen molar-refractivity contribution < 1.29 is 4.74 Å². The maximum absolute atomic E-state index is 6.09. The average molecular weight is 351 g/mol. The summed E-state index contributed by atoms with van der Waals surface area (Å²) in [6, 6.07) is 8.85.